The molecule has 1 unspecified atom stereocenters. The molecule has 3 saturated carbocycles. The molecule has 158 valence electrons. The second-order valence-corrected chi connectivity index (χ2v) is 10.3. The van der Waals surface area contributed by atoms with Gasteiger partial charge in [-0.3, -0.25) is 0 Å². The number of rotatable bonds is 4. The minimum absolute atomic E-state index is 0.149. The molecule has 4 aliphatic rings. The molecule has 4 rings (SSSR count). The first-order chi connectivity index (χ1) is 13.3. The van der Waals surface area contributed by atoms with Crippen molar-refractivity contribution in [1.29, 1.82) is 0 Å². The van der Waals surface area contributed by atoms with Gasteiger partial charge in [0.25, 0.3) is 0 Å². The Morgan fingerprint density at radius 3 is 2.43 bits per heavy atom. The molecule has 4 heteroatoms. The zero-order valence-electron chi connectivity index (χ0n) is 18.1. The van der Waals surface area contributed by atoms with Gasteiger partial charge in [0.05, 0.1) is 12.2 Å². The molecular weight excluding hydrogens is 352 g/mol. The third-order valence-electron chi connectivity index (χ3n) is 9.25. The summed E-state index contributed by atoms with van der Waals surface area (Å²) in [6.45, 7) is 7.01. The summed E-state index contributed by atoms with van der Waals surface area (Å²) in [7, 11) is 3.48. The van der Waals surface area contributed by atoms with Crippen LogP contribution in [0.5, 0.6) is 0 Å². The third kappa shape index (κ3) is 2.79. The van der Waals surface area contributed by atoms with Crippen molar-refractivity contribution in [3.8, 4) is 0 Å². The predicted octanol–water partition coefficient (Wildman–Crippen LogP) is 4.07. The Kier molecular flexibility index (Phi) is 5.31. The Labute approximate surface area is 170 Å². The van der Waals surface area contributed by atoms with Crippen LogP contribution in [-0.2, 0) is 9.47 Å². The van der Waals surface area contributed by atoms with Crippen molar-refractivity contribution in [3.05, 3.63) is 23.3 Å². The molecule has 4 nitrogen and oxygen atoms in total. The van der Waals surface area contributed by atoms with Gasteiger partial charge >= 0.3 is 0 Å². The average molecular weight is 391 g/mol. The van der Waals surface area contributed by atoms with Gasteiger partial charge in [-0.05, 0) is 55.3 Å². The Bertz CT molecular complexity index is 666. The number of fused-ring (bicyclic) bond motifs is 5. The zero-order chi connectivity index (χ0) is 20.3. The molecule has 0 heterocycles. The highest BCUT2D eigenvalue weighted by atomic mass is 16.7. The van der Waals surface area contributed by atoms with Gasteiger partial charge in [-0.15, -0.1) is 0 Å². The quantitative estimate of drug-likeness (QED) is 0.711. The lowest BCUT2D eigenvalue weighted by atomic mass is 9.49. The fourth-order valence-corrected chi connectivity index (χ4v) is 7.67. The first kappa shape index (κ1) is 20.6. The fraction of sp³-hybridized carbons (Fsp3) is 0.833. The summed E-state index contributed by atoms with van der Waals surface area (Å²) < 4.78 is 11.2. The lowest BCUT2D eigenvalue weighted by Crippen LogP contribution is -2.52. The van der Waals surface area contributed by atoms with E-state index in [-0.39, 0.29) is 17.1 Å². The summed E-state index contributed by atoms with van der Waals surface area (Å²) in [6.07, 6.45) is 9.51. The fourth-order valence-electron chi connectivity index (χ4n) is 7.67. The summed E-state index contributed by atoms with van der Waals surface area (Å²) in [6, 6.07) is 0. The zero-order valence-corrected chi connectivity index (χ0v) is 18.1. The molecule has 0 aromatic carbocycles. The number of aliphatic hydroxyl groups excluding tert-OH is 2. The van der Waals surface area contributed by atoms with Gasteiger partial charge in [0.1, 0.15) is 0 Å². The molecule has 0 aliphatic heterocycles. The summed E-state index contributed by atoms with van der Waals surface area (Å²) in [5.74, 6) is 1.92. The van der Waals surface area contributed by atoms with Crippen LogP contribution < -0.4 is 0 Å². The minimum atomic E-state index is -0.456. The molecule has 3 fully saturated rings. The lowest BCUT2D eigenvalue weighted by Gasteiger charge is -2.56. The van der Waals surface area contributed by atoms with Crippen LogP contribution >= 0.6 is 0 Å². The van der Waals surface area contributed by atoms with Crippen LogP contribution in [0.1, 0.15) is 59.3 Å². The van der Waals surface area contributed by atoms with Crippen LogP contribution in [-0.4, -0.2) is 42.9 Å². The van der Waals surface area contributed by atoms with Crippen molar-refractivity contribution in [3.63, 3.8) is 0 Å². The van der Waals surface area contributed by atoms with Crippen LogP contribution in [0.4, 0.5) is 0 Å². The van der Waals surface area contributed by atoms with Crippen molar-refractivity contribution in [2.24, 2.45) is 34.5 Å². The third-order valence-corrected chi connectivity index (χ3v) is 9.25. The minimum Gasteiger partial charge on any atom is -0.393 e. The molecule has 0 saturated heterocycles. The predicted molar refractivity (Wildman–Crippen MR) is 110 cm³/mol. The van der Waals surface area contributed by atoms with Crippen molar-refractivity contribution in [2.75, 3.05) is 14.2 Å². The van der Waals surface area contributed by atoms with Gasteiger partial charge in [-0.1, -0.05) is 44.1 Å². The van der Waals surface area contributed by atoms with Gasteiger partial charge in [-0.2, -0.15) is 0 Å². The molecule has 0 aromatic heterocycles. The molecule has 0 bridgehead atoms. The van der Waals surface area contributed by atoms with Crippen LogP contribution in [0.2, 0.25) is 0 Å². The summed E-state index contributed by atoms with van der Waals surface area (Å²) in [4.78, 5) is 0. The van der Waals surface area contributed by atoms with Crippen LogP contribution in [0, 0.1) is 34.5 Å². The van der Waals surface area contributed by atoms with E-state index in [0.29, 0.717) is 36.5 Å². The van der Waals surface area contributed by atoms with E-state index in [0.717, 1.165) is 6.42 Å². The molecule has 0 aromatic rings. The first-order valence-electron chi connectivity index (χ1n) is 11.1. The van der Waals surface area contributed by atoms with E-state index >= 15 is 0 Å². The second-order valence-electron chi connectivity index (χ2n) is 10.3. The van der Waals surface area contributed by atoms with Gasteiger partial charge in [0.15, 0.2) is 6.29 Å². The normalized spacial score (nSPS) is 46.4. The van der Waals surface area contributed by atoms with Gasteiger partial charge in [-0.25, -0.2) is 0 Å². The number of hydrogen-bond donors (Lipinski definition) is 2. The van der Waals surface area contributed by atoms with Gasteiger partial charge in [0.2, 0.25) is 0 Å². The number of hydrogen-bond acceptors (Lipinski definition) is 4. The van der Waals surface area contributed by atoms with Crippen LogP contribution in [0.25, 0.3) is 0 Å². The standard InChI is InChI=1S/C24H38O4/c1-14(22(27-4)28-5)18-8-9-19-17-7-6-15-12-16(25)13-21(26)24(15,3)20(17)10-11-23(18,19)2/h6-7,14,16,18-22,25-26H,8-13H2,1-5H3/t14?,16-,18+,19-,20-,21-,23+,24-/m0/s1. The lowest BCUT2D eigenvalue weighted by molar-refractivity contribution is -0.156. The highest BCUT2D eigenvalue weighted by Crippen LogP contribution is 2.66. The Hall–Kier alpha value is -0.680. The second kappa shape index (κ2) is 7.23. The average Bonchev–Trinajstić information content (AvgIpc) is 3.01. The van der Waals surface area contributed by atoms with Crippen molar-refractivity contribution in [2.45, 2.75) is 77.8 Å². The maximum absolute atomic E-state index is 11.0. The van der Waals surface area contributed by atoms with Crippen molar-refractivity contribution < 1.29 is 19.7 Å². The summed E-state index contributed by atoms with van der Waals surface area (Å²) in [5.41, 5.74) is 2.85. The Morgan fingerprint density at radius 2 is 1.75 bits per heavy atom. The summed E-state index contributed by atoms with van der Waals surface area (Å²) >= 11 is 0. The Morgan fingerprint density at radius 1 is 1.04 bits per heavy atom. The number of aliphatic hydroxyl groups is 2. The van der Waals surface area contributed by atoms with Crippen LogP contribution in [0.3, 0.4) is 0 Å². The van der Waals surface area contributed by atoms with Crippen molar-refractivity contribution >= 4 is 0 Å². The van der Waals surface area contributed by atoms with Gasteiger partial charge in [0, 0.05) is 32.0 Å². The monoisotopic (exact) mass is 390 g/mol. The first-order valence-corrected chi connectivity index (χ1v) is 11.1. The molecule has 0 spiro atoms. The maximum atomic E-state index is 11.0. The van der Waals surface area contributed by atoms with E-state index in [9.17, 15) is 10.2 Å². The van der Waals surface area contributed by atoms with Crippen molar-refractivity contribution in [1.82, 2.24) is 0 Å². The molecule has 28 heavy (non-hydrogen) atoms. The number of allylic oxidation sites excluding steroid dienone is 3. The number of ether oxygens (including phenoxy) is 2. The maximum Gasteiger partial charge on any atom is 0.159 e. The highest BCUT2D eigenvalue weighted by molar-refractivity contribution is 5.40. The molecule has 2 N–H and O–H groups in total. The molecule has 4 aliphatic carbocycles. The van der Waals surface area contributed by atoms with E-state index in [1.807, 2.05) is 0 Å². The smallest absolute Gasteiger partial charge is 0.159 e. The van der Waals surface area contributed by atoms with E-state index in [4.69, 9.17) is 9.47 Å². The highest BCUT2D eigenvalue weighted by Gasteiger charge is 2.59. The summed E-state index contributed by atoms with van der Waals surface area (Å²) in [5, 5.41) is 21.2. The largest absolute Gasteiger partial charge is 0.393 e. The molecular formula is C24H38O4. The van der Waals surface area contributed by atoms with E-state index in [1.165, 1.54) is 24.8 Å². The van der Waals surface area contributed by atoms with Gasteiger partial charge < -0.3 is 19.7 Å². The van der Waals surface area contributed by atoms with E-state index in [2.05, 4.69) is 32.9 Å². The molecule has 8 atom stereocenters. The number of methoxy groups -OCH3 is 2. The van der Waals surface area contributed by atoms with Crippen LogP contribution in [0.15, 0.2) is 23.3 Å². The Balaban J connectivity index is 1.66. The topological polar surface area (TPSA) is 58.9 Å². The van der Waals surface area contributed by atoms with E-state index < -0.39 is 12.2 Å². The molecule has 0 radical (unpaired) electrons. The molecule has 0 amide bonds. The SMILES string of the molecule is COC(OC)C(C)[C@H]1CC[C@H]2C3=CC=C4C[C@H](O)C[C@H](O)[C@]4(C)[C@H]3CC[C@]12C. The van der Waals surface area contributed by atoms with E-state index in [1.54, 1.807) is 19.8 Å².